The van der Waals surface area contributed by atoms with Crippen molar-refractivity contribution in [1.82, 2.24) is 10.2 Å². The molecule has 0 saturated carbocycles. The van der Waals surface area contributed by atoms with E-state index in [1.165, 1.54) is 12.1 Å². The molecule has 6 heteroatoms. The minimum Gasteiger partial charge on any atom is -0.413 e. The Hall–Kier alpha value is -0.823. The molecular formula is C19H32F2N2OSi. The molecule has 0 radical (unpaired) electrons. The number of nitrogens with one attached hydrogen (secondary N) is 1. The van der Waals surface area contributed by atoms with Crippen molar-refractivity contribution in [2.75, 3.05) is 26.7 Å². The van der Waals surface area contributed by atoms with Crippen molar-refractivity contribution in [2.24, 2.45) is 0 Å². The summed E-state index contributed by atoms with van der Waals surface area (Å²) in [6.45, 7) is 13.9. The van der Waals surface area contributed by atoms with Gasteiger partial charge in [0.05, 0.1) is 6.10 Å². The maximum absolute atomic E-state index is 13.5. The lowest BCUT2D eigenvalue weighted by molar-refractivity contribution is 0.177. The van der Waals surface area contributed by atoms with E-state index in [1.807, 2.05) is 7.05 Å². The average Bonchev–Trinajstić information content (AvgIpc) is 2.89. The van der Waals surface area contributed by atoms with E-state index in [0.29, 0.717) is 5.56 Å². The summed E-state index contributed by atoms with van der Waals surface area (Å²) in [5, 5.41) is 3.38. The van der Waals surface area contributed by atoms with E-state index >= 15 is 0 Å². The SMILES string of the molecule is CN[C@H](CN1CC[C@H](O[Si](C)(C)C(C)(C)C)C1)c1cc(F)cc(F)c1. The molecular weight excluding hydrogens is 338 g/mol. The molecule has 25 heavy (non-hydrogen) atoms. The molecule has 0 aromatic heterocycles. The second kappa shape index (κ2) is 7.82. The van der Waals surface area contributed by atoms with Gasteiger partial charge in [0, 0.05) is 31.7 Å². The van der Waals surface area contributed by atoms with E-state index in [1.54, 1.807) is 0 Å². The predicted octanol–water partition coefficient (Wildman–Crippen LogP) is 4.32. The smallest absolute Gasteiger partial charge is 0.192 e. The summed E-state index contributed by atoms with van der Waals surface area (Å²) in [6, 6.07) is 3.63. The molecule has 0 unspecified atom stereocenters. The second-order valence-electron chi connectivity index (χ2n) is 8.59. The van der Waals surface area contributed by atoms with Gasteiger partial charge in [-0.25, -0.2) is 8.78 Å². The van der Waals surface area contributed by atoms with Gasteiger partial charge in [0.2, 0.25) is 0 Å². The maximum Gasteiger partial charge on any atom is 0.192 e. The molecule has 142 valence electrons. The first-order valence-corrected chi connectivity index (χ1v) is 12.0. The van der Waals surface area contributed by atoms with Crippen LogP contribution < -0.4 is 5.32 Å². The quantitative estimate of drug-likeness (QED) is 0.755. The second-order valence-corrected chi connectivity index (χ2v) is 13.3. The van der Waals surface area contributed by atoms with Gasteiger partial charge in [-0.3, -0.25) is 4.90 Å². The topological polar surface area (TPSA) is 24.5 Å². The van der Waals surface area contributed by atoms with E-state index in [-0.39, 0.29) is 17.2 Å². The zero-order valence-electron chi connectivity index (χ0n) is 16.3. The Morgan fingerprint density at radius 3 is 2.36 bits per heavy atom. The number of likely N-dealkylation sites (N-methyl/N-ethyl adjacent to an activating group) is 1. The minimum absolute atomic E-state index is 0.100. The first-order valence-electron chi connectivity index (χ1n) is 9.05. The Bertz CT molecular complexity index is 569. The summed E-state index contributed by atoms with van der Waals surface area (Å²) < 4.78 is 33.5. The van der Waals surface area contributed by atoms with Crippen LogP contribution in [0.2, 0.25) is 18.1 Å². The molecule has 0 aliphatic carbocycles. The molecule has 0 bridgehead atoms. The number of likely N-dealkylation sites (tertiary alicyclic amines) is 1. The van der Waals surface area contributed by atoms with Gasteiger partial charge in [0.15, 0.2) is 8.32 Å². The standard InChI is InChI=1S/C19H32F2N2OSi/c1-19(2,3)25(5,6)24-17-7-8-23(12-17)13-18(22-4)14-9-15(20)11-16(21)10-14/h9-11,17-18,22H,7-8,12-13H2,1-6H3/t17-,18+/m0/s1. The van der Waals surface area contributed by atoms with Gasteiger partial charge in [0.25, 0.3) is 0 Å². The molecule has 0 spiro atoms. The molecule has 2 atom stereocenters. The lowest BCUT2D eigenvalue weighted by Crippen LogP contribution is -2.44. The highest BCUT2D eigenvalue weighted by atomic mass is 28.4. The number of benzene rings is 1. The van der Waals surface area contributed by atoms with Crippen LogP contribution in [0.25, 0.3) is 0 Å². The first-order chi connectivity index (χ1) is 11.5. The van der Waals surface area contributed by atoms with Crippen LogP contribution in [0.3, 0.4) is 0 Å². The molecule has 1 aromatic carbocycles. The Morgan fingerprint density at radius 1 is 1.24 bits per heavy atom. The summed E-state index contributed by atoms with van der Waals surface area (Å²) in [5.41, 5.74) is 0.647. The van der Waals surface area contributed by atoms with Crippen LogP contribution in [-0.4, -0.2) is 46.0 Å². The number of hydrogen-bond donors (Lipinski definition) is 1. The Balaban J connectivity index is 1.97. The molecule has 0 amide bonds. The third-order valence-corrected chi connectivity index (χ3v) is 10.1. The average molecular weight is 371 g/mol. The van der Waals surface area contributed by atoms with E-state index in [4.69, 9.17) is 4.43 Å². The largest absolute Gasteiger partial charge is 0.413 e. The van der Waals surface area contributed by atoms with Crippen molar-refractivity contribution in [3.05, 3.63) is 35.4 Å². The summed E-state index contributed by atoms with van der Waals surface area (Å²) in [5.74, 6) is -1.06. The van der Waals surface area contributed by atoms with Gasteiger partial charge in [-0.05, 0) is 49.3 Å². The van der Waals surface area contributed by atoms with Crippen molar-refractivity contribution in [2.45, 2.75) is 57.5 Å². The molecule has 1 saturated heterocycles. The predicted molar refractivity (Wildman–Crippen MR) is 101 cm³/mol. The summed E-state index contributed by atoms with van der Waals surface area (Å²) in [6.07, 6.45) is 1.27. The monoisotopic (exact) mass is 370 g/mol. The molecule has 2 rings (SSSR count). The highest BCUT2D eigenvalue weighted by molar-refractivity contribution is 6.74. The molecule has 1 aromatic rings. The normalized spacial score (nSPS) is 20.9. The molecule has 3 nitrogen and oxygen atoms in total. The number of rotatable bonds is 6. The fraction of sp³-hybridized carbons (Fsp3) is 0.684. The van der Waals surface area contributed by atoms with Crippen LogP contribution >= 0.6 is 0 Å². The van der Waals surface area contributed by atoms with Crippen LogP contribution in [0, 0.1) is 11.6 Å². The maximum atomic E-state index is 13.5. The Morgan fingerprint density at radius 2 is 1.84 bits per heavy atom. The zero-order chi connectivity index (χ0) is 18.8. The Kier molecular flexibility index (Phi) is 6.41. The fourth-order valence-corrected chi connectivity index (χ4v) is 4.43. The van der Waals surface area contributed by atoms with Crippen LogP contribution in [-0.2, 0) is 4.43 Å². The van der Waals surface area contributed by atoms with Crippen molar-refractivity contribution >= 4 is 8.32 Å². The van der Waals surface area contributed by atoms with Gasteiger partial charge in [-0.1, -0.05) is 20.8 Å². The molecule has 1 fully saturated rings. The van der Waals surface area contributed by atoms with Crippen LogP contribution in [0.1, 0.15) is 38.8 Å². The Labute approximate surface area is 151 Å². The molecule has 1 aliphatic rings. The fourth-order valence-electron chi connectivity index (χ4n) is 3.05. The summed E-state index contributed by atoms with van der Waals surface area (Å²) in [7, 11) is 0.0585. The minimum atomic E-state index is -1.77. The van der Waals surface area contributed by atoms with Crippen molar-refractivity contribution < 1.29 is 13.2 Å². The highest BCUT2D eigenvalue weighted by Crippen LogP contribution is 2.38. The number of hydrogen-bond acceptors (Lipinski definition) is 3. The molecule has 1 N–H and O–H groups in total. The lowest BCUT2D eigenvalue weighted by Gasteiger charge is -2.38. The first kappa shape index (κ1) is 20.5. The summed E-state index contributed by atoms with van der Waals surface area (Å²) in [4.78, 5) is 2.32. The lowest BCUT2D eigenvalue weighted by atomic mass is 10.1. The third-order valence-electron chi connectivity index (χ3n) is 5.57. The van der Waals surface area contributed by atoms with Crippen molar-refractivity contribution in [3.63, 3.8) is 0 Å². The van der Waals surface area contributed by atoms with Gasteiger partial charge in [-0.15, -0.1) is 0 Å². The van der Waals surface area contributed by atoms with Gasteiger partial charge >= 0.3 is 0 Å². The molecule has 1 heterocycles. The van der Waals surface area contributed by atoms with Gasteiger partial charge in [-0.2, -0.15) is 0 Å². The van der Waals surface area contributed by atoms with Gasteiger partial charge < -0.3 is 9.74 Å². The number of halogens is 2. The van der Waals surface area contributed by atoms with Crippen LogP contribution in [0.4, 0.5) is 8.78 Å². The van der Waals surface area contributed by atoms with Crippen LogP contribution in [0.5, 0.6) is 0 Å². The van der Waals surface area contributed by atoms with E-state index in [2.05, 4.69) is 44.1 Å². The summed E-state index contributed by atoms with van der Waals surface area (Å²) >= 11 is 0. The van der Waals surface area contributed by atoms with E-state index < -0.39 is 20.0 Å². The van der Waals surface area contributed by atoms with Crippen molar-refractivity contribution in [1.29, 1.82) is 0 Å². The van der Waals surface area contributed by atoms with E-state index in [9.17, 15) is 8.78 Å². The van der Waals surface area contributed by atoms with Gasteiger partial charge in [0.1, 0.15) is 11.6 Å². The number of nitrogens with zero attached hydrogens (tertiary/aromatic N) is 1. The zero-order valence-corrected chi connectivity index (χ0v) is 17.3. The van der Waals surface area contributed by atoms with Crippen LogP contribution in [0.15, 0.2) is 18.2 Å². The molecule has 1 aliphatic heterocycles. The van der Waals surface area contributed by atoms with Crippen molar-refractivity contribution in [3.8, 4) is 0 Å². The third kappa shape index (κ3) is 5.33. The highest BCUT2D eigenvalue weighted by Gasteiger charge is 2.40. The van der Waals surface area contributed by atoms with E-state index in [0.717, 1.165) is 32.1 Å².